The van der Waals surface area contributed by atoms with Gasteiger partial charge in [0.15, 0.2) is 0 Å². The van der Waals surface area contributed by atoms with E-state index in [9.17, 15) is 10.2 Å². The highest BCUT2D eigenvalue weighted by molar-refractivity contribution is 9.10. The lowest BCUT2D eigenvalue weighted by molar-refractivity contribution is 0.458. The largest absolute Gasteiger partial charge is 0.507 e. The summed E-state index contributed by atoms with van der Waals surface area (Å²) in [5.41, 5.74) is 2.13. The molecule has 5 heteroatoms. The maximum absolute atomic E-state index is 10.4. The first-order chi connectivity index (χ1) is 9.92. The lowest BCUT2D eigenvalue weighted by Crippen LogP contribution is -1.95. The van der Waals surface area contributed by atoms with Crippen LogP contribution in [-0.4, -0.2) is 10.2 Å². The Morgan fingerprint density at radius 3 is 2.24 bits per heavy atom. The average Bonchev–Trinajstić information content (AvgIpc) is 2.41. The highest BCUT2D eigenvalue weighted by Gasteiger charge is 2.14. The quantitative estimate of drug-likeness (QED) is 0.702. The van der Waals surface area contributed by atoms with E-state index in [4.69, 9.17) is 23.2 Å². The second-order valence-corrected chi connectivity index (χ2v) is 6.65. The van der Waals surface area contributed by atoms with Crippen molar-refractivity contribution in [3.05, 3.63) is 55.5 Å². The smallest absolute Gasteiger partial charge is 0.137 e. The summed E-state index contributed by atoms with van der Waals surface area (Å²) >= 11 is 15.4. The first-order valence-electron chi connectivity index (χ1n) is 6.59. The summed E-state index contributed by atoms with van der Waals surface area (Å²) < 4.78 is 0.774. The third-order valence-corrected chi connectivity index (χ3v) is 4.20. The summed E-state index contributed by atoms with van der Waals surface area (Å²) in [6, 6.07) is 6.89. The van der Waals surface area contributed by atoms with Crippen LogP contribution in [0.2, 0.25) is 10.0 Å². The molecule has 0 unspecified atom stereocenters. The van der Waals surface area contributed by atoms with E-state index < -0.39 is 0 Å². The predicted molar refractivity (Wildman–Crippen MR) is 90.7 cm³/mol. The van der Waals surface area contributed by atoms with Crippen LogP contribution < -0.4 is 0 Å². The molecule has 112 valence electrons. The molecule has 2 N–H and O–H groups in total. The van der Waals surface area contributed by atoms with Crippen molar-refractivity contribution in [2.75, 3.05) is 0 Å². The van der Waals surface area contributed by atoms with Crippen LogP contribution in [0.1, 0.15) is 30.0 Å². The third kappa shape index (κ3) is 3.85. The molecule has 0 aliphatic carbocycles. The van der Waals surface area contributed by atoms with Crippen LogP contribution in [0.25, 0.3) is 0 Å². The number of rotatable bonds is 4. The van der Waals surface area contributed by atoms with Crippen LogP contribution in [0.3, 0.4) is 0 Å². The van der Waals surface area contributed by atoms with Gasteiger partial charge >= 0.3 is 0 Å². The van der Waals surface area contributed by atoms with Crippen molar-refractivity contribution >= 4 is 39.1 Å². The minimum absolute atomic E-state index is 0.0243. The summed E-state index contributed by atoms with van der Waals surface area (Å²) in [6.45, 7) is 2.04. The molecule has 0 fully saturated rings. The third-order valence-electron chi connectivity index (χ3n) is 3.24. The first kappa shape index (κ1) is 16.5. The van der Waals surface area contributed by atoms with E-state index in [1.165, 1.54) is 0 Å². The van der Waals surface area contributed by atoms with Crippen molar-refractivity contribution < 1.29 is 10.2 Å². The lowest BCUT2D eigenvalue weighted by Gasteiger charge is -2.12. The average molecular weight is 390 g/mol. The van der Waals surface area contributed by atoms with Crippen molar-refractivity contribution in [3.63, 3.8) is 0 Å². The van der Waals surface area contributed by atoms with Crippen molar-refractivity contribution in [2.45, 2.75) is 26.2 Å². The lowest BCUT2D eigenvalue weighted by atomic mass is 9.99. The van der Waals surface area contributed by atoms with Gasteiger partial charge in [-0.25, -0.2) is 0 Å². The van der Waals surface area contributed by atoms with E-state index >= 15 is 0 Å². The van der Waals surface area contributed by atoms with Gasteiger partial charge in [-0.2, -0.15) is 0 Å². The molecular formula is C16H15BrCl2O2. The van der Waals surface area contributed by atoms with E-state index in [0.717, 1.165) is 22.9 Å². The van der Waals surface area contributed by atoms with Crippen molar-refractivity contribution in [3.8, 4) is 11.5 Å². The van der Waals surface area contributed by atoms with Crippen LogP contribution in [0, 0.1) is 0 Å². The number of halogens is 3. The van der Waals surface area contributed by atoms with Gasteiger partial charge in [-0.3, -0.25) is 0 Å². The fraction of sp³-hybridized carbons (Fsp3) is 0.250. The van der Waals surface area contributed by atoms with E-state index in [-0.39, 0.29) is 16.5 Å². The SMILES string of the molecule is CCCc1cc(Cl)cc(Cc2cc(Br)cc(Cl)c2O)c1O. The first-order valence-corrected chi connectivity index (χ1v) is 8.14. The Labute approximate surface area is 142 Å². The van der Waals surface area contributed by atoms with Gasteiger partial charge in [0.05, 0.1) is 5.02 Å². The molecule has 2 nitrogen and oxygen atoms in total. The van der Waals surface area contributed by atoms with Gasteiger partial charge < -0.3 is 10.2 Å². The molecular weight excluding hydrogens is 375 g/mol. The molecule has 0 saturated carbocycles. The number of hydrogen-bond acceptors (Lipinski definition) is 2. The van der Waals surface area contributed by atoms with Gasteiger partial charge in [0.2, 0.25) is 0 Å². The van der Waals surface area contributed by atoms with Crippen molar-refractivity contribution in [1.82, 2.24) is 0 Å². The summed E-state index contributed by atoms with van der Waals surface area (Å²) in [6.07, 6.45) is 2.03. The number of benzene rings is 2. The molecule has 21 heavy (non-hydrogen) atoms. The molecule has 0 aliphatic heterocycles. The zero-order chi connectivity index (χ0) is 15.6. The summed E-state index contributed by atoms with van der Waals surface area (Å²) in [4.78, 5) is 0. The number of aryl methyl sites for hydroxylation is 1. The van der Waals surface area contributed by atoms with Crippen LogP contribution >= 0.6 is 39.1 Å². The summed E-state index contributed by atoms with van der Waals surface area (Å²) in [7, 11) is 0. The Morgan fingerprint density at radius 2 is 1.57 bits per heavy atom. The van der Waals surface area contributed by atoms with E-state index in [1.807, 2.05) is 6.92 Å². The maximum atomic E-state index is 10.4. The van der Waals surface area contributed by atoms with Crippen LogP contribution in [0.4, 0.5) is 0 Å². The molecule has 0 saturated heterocycles. The van der Waals surface area contributed by atoms with Gasteiger partial charge in [0, 0.05) is 27.0 Å². The molecule has 0 amide bonds. The zero-order valence-electron chi connectivity index (χ0n) is 11.5. The molecule has 0 heterocycles. The molecule has 2 aromatic carbocycles. The highest BCUT2D eigenvalue weighted by Crippen LogP contribution is 2.36. The maximum Gasteiger partial charge on any atom is 0.137 e. The molecule has 0 aliphatic rings. The van der Waals surface area contributed by atoms with E-state index in [2.05, 4.69) is 15.9 Å². The predicted octanol–water partition coefficient (Wildman–Crippen LogP) is 5.71. The Kier molecular flexibility index (Phi) is 5.42. The number of hydrogen-bond donors (Lipinski definition) is 2. The van der Waals surface area contributed by atoms with Gasteiger partial charge in [0.1, 0.15) is 11.5 Å². The minimum Gasteiger partial charge on any atom is -0.507 e. The van der Waals surface area contributed by atoms with Crippen LogP contribution in [-0.2, 0) is 12.8 Å². The second kappa shape index (κ2) is 6.91. The molecule has 0 atom stereocenters. The van der Waals surface area contributed by atoms with Crippen molar-refractivity contribution in [1.29, 1.82) is 0 Å². The Bertz CT molecular complexity index is 672. The molecule has 0 bridgehead atoms. The summed E-state index contributed by atoms with van der Waals surface area (Å²) in [5.74, 6) is 0.257. The Morgan fingerprint density at radius 1 is 0.952 bits per heavy atom. The van der Waals surface area contributed by atoms with Gasteiger partial charge in [-0.05, 0) is 36.2 Å². The van der Waals surface area contributed by atoms with Gasteiger partial charge in [0.25, 0.3) is 0 Å². The highest BCUT2D eigenvalue weighted by atomic mass is 79.9. The Balaban J connectivity index is 2.44. The number of aromatic hydroxyl groups is 2. The molecule has 2 aromatic rings. The Hall–Kier alpha value is -0.900. The molecule has 2 rings (SSSR count). The van der Waals surface area contributed by atoms with Crippen molar-refractivity contribution in [2.24, 2.45) is 0 Å². The number of phenolic OH excluding ortho intramolecular Hbond substituents is 2. The summed E-state index contributed by atoms with van der Waals surface area (Å²) in [5, 5.41) is 21.2. The fourth-order valence-corrected chi connectivity index (χ4v) is 3.41. The monoisotopic (exact) mass is 388 g/mol. The molecule has 0 aromatic heterocycles. The number of phenols is 2. The zero-order valence-corrected chi connectivity index (χ0v) is 14.6. The normalized spacial score (nSPS) is 10.9. The fourth-order valence-electron chi connectivity index (χ4n) is 2.27. The second-order valence-electron chi connectivity index (χ2n) is 4.89. The van der Waals surface area contributed by atoms with Crippen LogP contribution in [0.15, 0.2) is 28.7 Å². The van der Waals surface area contributed by atoms with Gasteiger partial charge in [-0.1, -0.05) is 52.5 Å². The topological polar surface area (TPSA) is 40.5 Å². The standard InChI is InChI=1S/C16H15BrCl2O2/c1-2-3-9-6-13(18)7-11(15(9)20)4-10-5-12(17)8-14(19)16(10)21/h5-8,20-21H,2-4H2,1H3. The van der Waals surface area contributed by atoms with Gasteiger partial charge in [-0.15, -0.1) is 0 Å². The van der Waals surface area contributed by atoms with E-state index in [0.29, 0.717) is 22.6 Å². The molecule has 0 radical (unpaired) electrons. The molecule has 0 spiro atoms. The van der Waals surface area contributed by atoms with Crippen LogP contribution in [0.5, 0.6) is 11.5 Å². The minimum atomic E-state index is 0.0243. The van der Waals surface area contributed by atoms with E-state index in [1.54, 1.807) is 24.3 Å².